The van der Waals surface area contributed by atoms with Crippen LogP contribution in [0.3, 0.4) is 0 Å². The molecule has 0 aromatic heterocycles. The van der Waals surface area contributed by atoms with E-state index < -0.39 is 0 Å². The summed E-state index contributed by atoms with van der Waals surface area (Å²) in [7, 11) is 1.70. The van der Waals surface area contributed by atoms with E-state index in [-0.39, 0.29) is 35.6 Å². The Balaban J connectivity index is 2.08. The molecule has 3 rings (SSSR count). The van der Waals surface area contributed by atoms with Crippen molar-refractivity contribution in [3.05, 3.63) is 11.1 Å². The van der Waals surface area contributed by atoms with Gasteiger partial charge in [0.05, 0.1) is 12.2 Å². The van der Waals surface area contributed by atoms with Crippen LogP contribution in [0.5, 0.6) is 0 Å². The van der Waals surface area contributed by atoms with Gasteiger partial charge in [0.2, 0.25) is 0 Å². The molecular weight excluding hydrogens is 256 g/mol. The summed E-state index contributed by atoms with van der Waals surface area (Å²) < 4.78 is 11.3. The molecule has 4 heteroatoms. The third-order valence-corrected chi connectivity index (χ3v) is 6.17. The molecule has 0 aromatic rings. The van der Waals surface area contributed by atoms with Gasteiger partial charge >= 0.3 is 5.97 Å². The molecule has 0 radical (unpaired) electrons. The van der Waals surface area contributed by atoms with E-state index in [2.05, 4.69) is 13.8 Å². The number of carbonyl (C=O) groups excluding carboxylic acids is 1. The van der Waals surface area contributed by atoms with Crippen LogP contribution in [0.4, 0.5) is 0 Å². The van der Waals surface area contributed by atoms with Crippen molar-refractivity contribution >= 4 is 5.97 Å². The lowest BCUT2D eigenvalue weighted by Crippen LogP contribution is -2.57. The molecule has 0 bridgehead atoms. The number of fused-ring (bicyclic) bond motifs is 2. The van der Waals surface area contributed by atoms with Crippen LogP contribution in [0.2, 0.25) is 0 Å². The third-order valence-electron chi connectivity index (χ3n) is 6.17. The second kappa shape index (κ2) is 4.57. The van der Waals surface area contributed by atoms with Gasteiger partial charge in [0, 0.05) is 23.7 Å². The molecule has 2 fully saturated rings. The molecule has 20 heavy (non-hydrogen) atoms. The number of hydrogen-bond acceptors (Lipinski definition) is 4. The van der Waals surface area contributed by atoms with Crippen LogP contribution in [0.15, 0.2) is 11.1 Å². The fraction of sp³-hybridized carbons (Fsp3) is 0.812. The zero-order valence-corrected chi connectivity index (χ0v) is 12.7. The van der Waals surface area contributed by atoms with Gasteiger partial charge in [-0.05, 0) is 38.0 Å². The maximum atomic E-state index is 11.9. The predicted octanol–water partition coefficient (Wildman–Crippen LogP) is 2.06. The molecule has 6 atom stereocenters. The first-order valence-corrected chi connectivity index (χ1v) is 7.53. The van der Waals surface area contributed by atoms with Crippen LogP contribution in [0.25, 0.3) is 0 Å². The van der Waals surface area contributed by atoms with Crippen molar-refractivity contribution in [2.45, 2.75) is 58.3 Å². The molecule has 2 aliphatic carbocycles. The molecule has 1 N–H and O–H groups in total. The van der Waals surface area contributed by atoms with Crippen molar-refractivity contribution < 1.29 is 19.4 Å². The number of esters is 1. The van der Waals surface area contributed by atoms with Gasteiger partial charge in [-0.25, -0.2) is 4.79 Å². The van der Waals surface area contributed by atoms with Crippen molar-refractivity contribution in [3.63, 3.8) is 0 Å². The van der Waals surface area contributed by atoms with Crippen LogP contribution in [-0.4, -0.2) is 36.5 Å². The Kier molecular flexibility index (Phi) is 3.22. The summed E-state index contributed by atoms with van der Waals surface area (Å²) in [5.41, 5.74) is 1.58. The van der Waals surface area contributed by atoms with E-state index in [1.807, 2.05) is 6.92 Å². The highest BCUT2D eigenvalue weighted by Crippen LogP contribution is 2.57. The standard InChI is InChI=1S/C16H24O4/c1-8-13-12(20-15(8)18)7-10-5-6-11(17)9(2)16(10,3)14(13)19-4/h9-12,14,17H,5-7H2,1-4H3/t9-,10+,11-,12+,14-,16+/m0/s1. The number of methoxy groups -OCH3 is 1. The van der Waals surface area contributed by atoms with Crippen LogP contribution >= 0.6 is 0 Å². The van der Waals surface area contributed by atoms with Gasteiger partial charge in [0.1, 0.15) is 6.10 Å². The Hall–Kier alpha value is -0.870. The molecule has 4 nitrogen and oxygen atoms in total. The van der Waals surface area contributed by atoms with Gasteiger partial charge in [-0.3, -0.25) is 0 Å². The second-order valence-electron chi connectivity index (χ2n) is 6.82. The van der Waals surface area contributed by atoms with E-state index in [4.69, 9.17) is 9.47 Å². The largest absolute Gasteiger partial charge is 0.454 e. The quantitative estimate of drug-likeness (QED) is 0.747. The third kappa shape index (κ3) is 1.64. The molecule has 0 saturated heterocycles. The molecule has 112 valence electrons. The minimum absolute atomic E-state index is 0.118. The van der Waals surface area contributed by atoms with Crippen molar-refractivity contribution in [1.29, 1.82) is 0 Å². The number of hydrogen-bond donors (Lipinski definition) is 1. The predicted molar refractivity (Wildman–Crippen MR) is 74.0 cm³/mol. The summed E-state index contributed by atoms with van der Waals surface area (Å²) in [6.07, 6.45) is 2.13. The maximum absolute atomic E-state index is 11.9. The lowest BCUT2D eigenvalue weighted by atomic mass is 9.52. The molecule has 2 saturated carbocycles. The molecule has 0 unspecified atom stereocenters. The normalized spacial score (nSPS) is 47.9. The van der Waals surface area contributed by atoms with E-state index in [1.54, 1.807) is 7.11 Å². The molecule has 1 heterocycles. The van der Waals surface area contributed by atoms with Crippen LogP contribution in [0.1, 0.15) is 40.0 Å². The zero-order chi connectivity index (χ0) is 14.7. The second-order valence-corrected chi connectivity index (χ2v) is 6.82. The molecule has 3 aliphatic rings. The Morgan fingerprint density at radius 3 is 2.75 bits per heavy atom. The van der Waals surface area contributed by atoms with Crippen molar-refractivity contribution in [3.8, 4) is 0 Å². The summed E-state index contributed by atoms with van der Waals surface area (Å²) >= 11 is 0. The van der Waals surface area contributed by atoms with Gasteiger partial charge in [-0.1, -0.05) is 13.8 Å². The average molecular weight is 280 g/mol. The average Bonchev–Trinajstić information content (AvgIpc) is 2.69. The smallest absolute Gasteiger partial charge is 0.334 e. The van der Waals surface area contributed by atoms with Crippen molar-refractivity contribution in [2.24, 2.45) is 17.3 Å². The minimum Gasteiger partial charge on any atom is -0.454 e. The van der Waals surface area contributed by atoms with Gasteiger partial charge < -0.3 is 14.6 Å². The number of carbonyl (C=O) groups is 1. The van der Waals surface area contributed by atoms with Crippen molar-refractivity contribution in [1.82, 2.24) is 0 Å². The molecular formula is C16H24O4. The summed E-state index contributed by atoms with van der Waals surface area (Å²) in [6, 6.07) is 0. The van der Waals surface area contributed by atoms with Crippen LogP contribution < -0.4 is 0 Å². The number of aliphatic hydroxyl groups is 1. The zero-order valence-electron chi connectivity index (χ0n) is 12.7. The molecule has 0 aromatic carbocycles. The Bertz CT molecular complexity index is 469. The first-order valence-electron chi connectivity index (χ1n) is 7.53. The summed E-state index contributed by atoms with van der Waals surface area (Å²) in [4.78, 5) is 11.9. The van der Waals surface area contributed by atoms with Gasteiger partial charge in [0.25, 0.3) is 0 Å². The Morgan fingerprint density at radius 2 is 2.10 bits per heavy atom. The monoisotopic (exact) mass is 280 g/mol. The van der Waals surface area contributed by atoms with Gasteiger partial charge in [-0.15, -0.1) is 0 Å². The SMILES string of the molecule is CO[C@H]1C2=C(C)C(=O)O[C@@H]2C[C@H]2CC[C@H](O)[C@H](C)[C@]21C. The molecule has 0 spiro atoms. The fourth-order valence-electron chi connectivity index (χ4n) is 4.70. The lowest BCUT2D eigenvalue weighted by molar-refractivity contribution is -0.157. The first kappa shape index (κ1) is 14.1. The Labute approximate surface area is 120 Å². The van der Waals surface area contributed by atoms with E-state index >= 15 is 0 Å². The summed E-state index contributed by atoms with van der Waals surface area (Å²) in [5.74, 6) is 0.379. The van der Waals surface area contributed by atoms with Gasteiger partial charge in [-0.2, -0.15) is 0 Å². The summed E-state index contributed by atoms with van der Waals surface area (Å²) in [5, 5.41) is 10.3. The molecule has 1 aliphatic heterocycles. The highest BCUT2D eigenvalue weighted by molar-refractivity contribution is 5.92. The summed E-state index contributed by atoms with van der Waals surface area (Å²) in [6.45, 7) is 6.15. The van der Waals surface area contributed by atoms with Crippen LogP contribution in [0, 0.1) is 17.3 Å². The van der Waals surface area contributed by atoms with Crippen molar-refractivity contribution in [2.75, 3.05) is 7.11 Å². The van der Waals surface area contributed by atoms with E-state index in [0.29, 0.717) is 11.5 Å². The topological polar surface area (TPSA) is 55.8 Å². The Morgan fingerprint density at radius 1 is 1.40 bits per heavy atom. The maximum Gasteiger partial charge on any atom is 0.334 e. The molecule has 0 amide bonds. The number of ether oxygens (including phenoxy) is 2. The lowest BCUT2D eigenvalue weighted by Gasteiger charge is -2.56. The highest BCUT2D eigenvalue weighted by atomic mass is 16.6. The minimum atomic E-state index is -0.288. The number of aliphatic hydroxyl groups excluding tert-OH is 1. The van der Waals surface area contributed by atoms with E-state index in [1.165, 1.54) is 0 Å². The fourth-order valence-corrected chi connectivity index (χ4v) is 4.70. The highest BCUT2D eigenvalue weighted by Gasteiger charge is 2.58. The number of rotatable bonds is 1. The van der Waals surface area contributed by atoms with E-state index in [0.717, 1.165) is 24.8 Å². The van der Waals surface area contributed by atoms with E-state index in [9.17, 15) is 9.90 Å². The van der Waals surface area contributed by atoms with Crippen LogP contribution in [-0.2, 0) is 14.3 Å². The van der Waals surface area contributed by atoms with Gasteiger partial charge in [0.15, 0.2) is 0 Å². The first-order chi connectivity index (χ1) is 9.41.